The van der Waals surface area contributed by atoms with Crippen molar-refractivity contribution in [2.45, 2.75) is 51.5 Å². The second kappa shape index (κ2) is 6.67. The van der Waals surface area contributed by atoms with E-state index >= 15 is 0 Å². The zero-order chi connectivity index (χ0) is 14.5. The maximum Gasteiger partial charge on any atom is 0.327 e. The van der Waals surface area contributed by atoms with Crippen LogP contribution in [0.4, 0.5) is 0 Å². The molecule has 7 nitrogen and oxygen atoms in total. The third-order valence-electron chi connectivity index (χ3n) is 2.20. The number of carbonyl (C=O) groups is 2. The summed E-state index contributed by atoms with van der Waals surface area (Å²) in [7, 11) is 0. The van der Waals surface area contributed by atoms with E-state index in [0.717, 1.165) is 0 Å². The van der Waals surface area contributed by atoms with Gasteiger partial charge in [0.1, 0.15) is 12.1 Å². The molecule has 106 valence electrons. The lowest BCUT2D eigenvalue weighted by Crippen LogP contribution is -2.55. The molecular formula is C11H23N3O4. The first-order valence-corrected chi connectivity index (χ1v) is 5.75. The van der Waals surface area contributed by atoms with Crippen LogP contribution < -0.4 is 16.8 Å². The maximum atomic E-state index is 11.7. The molecular weight excluding hydrogens is 238 g/mol. The molecule has 0 aromatic heterocycles. The van der Waals surface area contributed by atoms with Crippen LogP contribution in [0.2, 0.25) is 0 Å². The number of hydrogen-bond acceptors (Lipinski definition) is 5. The van der Waals surface area contributed by atoms with E-state index in [1.165, 1.54) is 0 Å². The molecule has 0 aromatic carbocycles. The van der Waals surface area contributed by atoms with Crippen molar-refractivity contribution in [3.8, 4) is 0 Å². The van der Waals surface area contributed by atoms with Crippen molar-refractivity contribution in [2.75, 3.05) is 6.54 Å². The quantitative estimate of drug-likeness (QED) is 0.488. The van der Waals surface area contributed by atoms with E-state index in [-0.39, 0.29) is 6.54 Å². The molecule has 0 spiro atoms. The van der Waals surface area contributed by atoms with Crippen molar-refractivity contribution in [3.63, 3.8) is 0 Å². The van der Waals surface area contributed by atoms with Gasteiger partial charge in [-0.25, -0.2) is 4.79 Å². The number of nitrogens with one attached hydrogen (secondary N) is 1. The molecule has 6 N–H and O–H groups in total. The fourth-order valence-corrected chi connectivity index (χ4v) is 1.33. The van der Waals surface area contributed by atoms with Gasteiger partial charge in [-0.1, -0.05) is 0 Å². The molecule has 0 fully saturated rings. The lowest BCUT2D eigenvalue weighted by atomic mass is 10.1. The molecule has 0 unspecified atom stereocenters. The lowest BCUT2D eigenvalue weighted by Gasteiger charge is -2.28. The van der Waals surface area contributed by atoms with Crippen molar-refractivity contribution < 1.29 is 19.4 Å². The van der Waals surface area contributed by atoms with Gasteiger partial charge in [0.25, 0.3) is 0 Å². The predicted octanol–water partition coefficient (Wildman–Crippen LogP) is -0.955. The first-order chi connectivity index (χ1) is 8.08. The molecule has 0 aliphatic heterocycles. The number of rotatable bonds is 6. The number of nitrogens with two attached hydrogens (primary N) is 2. The Balaban J connectivity index is 4.46. The average molecular weight is 261 g/mol. The minimum absolute atomic E-state index is 0.192. The summed E-state index contributed by atoms with van der Waals surface area (Å²) in [6, 6.07) is -2.08. The Labute approximate surface area is 107 Å². The molecule has 0 aromatic rings. The van der Waals surface area contributed by atoms with Crippen LogP contribution in [0.1, 0.15) is 27.7 Å². The van der Waals surface area contributed by atoms with Crippen LogP contribution in [0.5, 0.6) is 0 Å². The largest absolute Gasteiger partial charge is 0.480 e. The third-order valence-corrected chi connectivity index (χ3v) is 2.20. The minimum Gasteiger partial charge on any atom is -0.480 e. The molecule has 0 aliphatic rings. The SMILES string of the molecule is C[C@@H](OC(C)(C)C)[C@H](N)C(=O)N[C@@H](CN)C(=O)O. The summed E-state index contributed by atoms with van der Waals surface area (Å²) in [5, 5.41) is 11.0. The second-order valence-electron chi connectivity index (χ2n) is 5.10. The van der Waals surface area contributed by atoms with Gasteiger partial charge in [-0.2, -0.15) is 0 Å². The van der Waals surface area contributed by atoms with Gasteiger partial charge in [0.2, 0.25) is 5.91 Å². The number of hydrogen-bond donors (Lipinski definition) is 4. The number of carbonyl (C=O) groups excluding carboxylic acids is 1. The van der Waals surface area contributed by atoms with E-state index in [9.17, 15) is 9.59 Å². The topological polar surface area (TPSA) is 128 Å². The number of amides is 1. The molecule has 0 heterocycles. The first kappa shape index (κ1) is 16.8. The van der Waals surface area contributed by atoms with Crippen molar-refractivity contribution in [1.82, 2.24) is 5.32 Å². The van der Waals surface area contributed by atoms with Crippen LogP contribution in [-0.4, -0.2) is 47.3 Å². The molecule has 0 bridgehead atoms. The molecule has 18 heavy (non-hydrogen) atoms. The summed E-state index contributed by atoms with van der Waals surface area (Å²) >= 11 is 0. The zero-order valence-electron chi connectivity index (χ0n) is 11.3. The van der Waals surface area contributed by atoms with Crippen molar-refractivity contribution in [2.24, 2.45) is 11.5 Å². The first-order valence-electron chi connectivity index (χ1n) is 5.75. The number of aliphatic carboxylic acids is 1. The molecule has 7 heteroatoms. The average Bonchev–Trinajstić information content (AvgIpc) is 2.21. The van der Waals surface area contributed by atoms with E-state index in [0.29, 0.717) is 0 Å². The lowest BCUT2D eigenvalue weighted by molar-refractivity contribution is -0.143. The predicted molar refractivity (Wildman–Crippen MR) is 66.9 cm³/mol. The molecule has 0 rings (SSSR count). The monoisotopic (exact) mass is 261 g/mol. The summed E-state index contributed by atoms with van der Waals surface area (Å²) in [6.07, 6.45) is -0.530. The zero-order valence-corrected chi connectivity index (χ0v) is 11.3. The molecule has 0 saturated carbocycles. The fourth-order valence-electron chi connectivity index (χ4n) is 1.33. The van der Waals surface area contributed by atoms with Crippen LogP contribution >= 0.6 is 0 Å². The van der Waals surface area contributed by atoms with E-state index in [2.05, 4.69) is 5.32 Å². The molecule has 3 atom stereocenters. The van der Waals surface area contributed by atoms with Crippen LogP contribution in [-0.2, 0) is 14.3 Å². The van der Waals surface area contributed by atoms with Crippen molar-refractivity contribution in [3.05, 3.63) is 0 Å². The summed E-state index contributed by atoms with van der Waals surface area (Å²) in [5.74, 6) is -1.79. The highest BCUT2D eigenvalue weighted by molar-refractivity contribution is 5.87. The summed E-state index contributed by atoms with van der Waals surface area (Å²) in [6.45, 7) is 6.99. The number of ether oxygens (including phenoxy) is 1. The third kappa shape index (κ3) is 5.95. The van der Waals surface area contributed by atoms with Gasteiger partial charge in [0.15, 0.2) is 0 Å². The Hall–Kier alpha value is -1.18. The highest BCUT2D eigenvalue weighted by Gasteiger charge is 2.28. The van der Waals surface area contributed by atoms with Crippen LogP contribution in [0.3, 0.4) is 0 Å². The summed E-state index contributed by atoms with van der Waals surface area (Å²) in [5.41, 5.74) is 10.5. The fraction of sp³-hybridized carbons (Fsp3) is 0.818. The van der Waals surface area contributed by atoms with E-state index < -0.39 is 35.7 Å². The van der Waals surface area contributed by atoms with Gasteiger partial charge < -0.3 is 26.6 Å². The van der Waals surface area contributed by atoms with Gasteiger partial charge in [-0.3, -0.25) is 4.79 Å². The van der Waals surface area contributed by atoms with Crippen LogP contribution in [0.25, 0.3) is 0 Å². The molecule has 1 amide bonds. The van der Waals surface area contributed by atoms with Crippen molar-refractivity contribution >= 4 is 11.9 Å². The summed E-state index contributed by atoms with van der Waals surface area (Å²) in [4.78, 5) is 22.4. The Morgan fingerprint density at radius 1 is 1.39 bits per heavy atom. The molecule has 0 radical (unpaired) electrons. The van der Waals surface area contributed by atoms with E-state index in [1.54, 1.807) is 6.92 Å². The number of carboxylic acid groups (broad SMARTS) is 1. The van der Waals surface area contributed by atoms with Crippen LogP contribution in [0.15, 0.2) is 0 Å². The highest BCUT2D eigenvalue weighted by Crippen LogP contribution is 2.12. The van der Waals surface area contributed by atoms with Gasteiger partial charge in [0, 0.05) is 6.54 Å². The van der Waals surface area contributed by atoms with E-state index in [4.69, 9.17) is 21.3 Å². The maximum absolute atomic E-state index is 11.7. The van der Waals surface area contributed by atoms with Gasteiger partial charge in [0.05, 0.1) is 11.7 Å². The molecule has 0 aliphatic carbocycles. The number of carboxylic acids is 1. The Kier molecular flexibility index (Phi) is 6.23. The Morgan fingerprint density at radius 3 is 2.22 bits per heavy atom. The van der Waals surface area contributed by atoms with Gasteiger partial charge in [-0.15, -0.1) is 0 Å². The smallest absolute Gasteiger partial charge is 0.327 e. The molecule has 0 saturated heterocycles. The highest BCUT2D eigenvalue weighted by atomic mass is 16.5. The van der Waals surface area contributed by atoms with Gasteiger partial charge in [-0.05, 0) is 27.7 Å². The standard InChI is InChI=1S/C11H23N3O4/c1-6(18-11(2,3)4)8(13)9(15)14-7(5-12)10(16)17/h6-8H,5,12-13H2,1-4H3,(H,14,15)(H,16,17)/t6-,7+,8+/m1/s1. The minimum atomic E-state index is -1.19. The van der Waals surface area contributed by atoms with E-state index in [1.807, 2.05) is 20.8 Å². The Morgan fingerprint density at radius 2 is 1.89 bits per heavy atom. The normalized spacial score (nSPS) is 16.8. The summed E-state index contributed by atoms with van der Waals surface area (Å²) < 4.78 is 5.53. The second-order valence-corrected chi connectivity index (χ2v) is 5.10. The Bertz CT molecular complexity index is 301. The van der Waals surface area contributed by atoms with Crippen LogP contribution in [0, 0.1) is 0 Å². The van der Waals surface area contributed by atoms with Gasteiger partial charge >= 0.3 is 5.97 Å². The van der Waals surface area contributed by atoms with Crippen molar-refractivity contribution in [1.29, 1.82) is 0 Å².